The summed E-state index contributed by atoms with van der Waals surface area (Å²) in [6, 6.07) is 66.4. The molecule has 8 aromatic rings. The first-order valence-electron chi connectivity index (χ1n) is 16.4. The predicted molar refractivity (Wildman–Crippen MR) is 201 cm³/mol. The second-order valence-electron chi connectivity index (χ2n) is 11.9. The molecule has 3 nitrogen and oxygen atoms in total. The van der Waals surface area contributed by atoms with Crippen molar-refractivity contribution in [2.24, 2.45) is 0 Å². The van der Waals surface area contributed by atoms with Gasteiger partial charge in [-0.05, 0) is 95.1 Å². The van der Waals surface area contributed by atoms with E-state index in [0.29, 0.717) is 0 Å². The molecule has 0 bridgehead atoms. The Balaban J connectivity index is 1.06. The number of aromatic nitrogens is 2. The summed E-state index contributed by atoms with van der Waals surface area (Å²) in [7, 11) is 0. The van der Waals surface area contributed by atoms with Crippen molar-refractivity contribution >= 4 is 0 Å². The van der Waals surface area contributed by atoms with E-state index in [1.54, 1.807) is 0 Å². The van der Waals surface area contributed by atoms with Crippen molar-refractivity contribution in [3.8, 4) is 78.8 Å². The lowest BCUT2D eigenvalue weighted by Crippen LogP contribution is -1.92. The molecule has 0 saturated carbocycles. The van der Waals surface area contributed by atoms with Crippen LogP contribution in [0.25, 0.3) is 67.3 Å². The summed E-state index contributed by atoms with van der Waals surface area (Å²) in [4.78, 5) is 10.1. The van der Waals surface area contributed by atoms with Gasteiger partial charge in [0.2, 0.25) is 0 Å². The first kappa shape index (κ1) is 29.8. The Morgan fingerprint density at radius 1 is 0.245 bits per heavy atom. The topological polar surface area (TPSA) is 35.0 Å². The Morgan fingerprint density at radius 2 is 0.510 bits per heavy atom. The van der Waals surface area contributed by atoms with Gasteiger partial charge < -0.3 is 4.74 Å². The number of hydrogen-bond acceptors (Lipinski definition) is 3. The highest BCUT2D eigenvalue weighted by atomic mass is 16.5. The zero-order chi connectivity index (χ0) is 32.8. The molecule has 0 N–H and O–H groups in total. The van der Waals surface area contributed by atoms with Crippen LogP contribution in [0.5, 0.6) is 11.5 Å². The molecular weight excluding hydrogens is 597 g/mol. The van der Waals surface area contributed by atoms with Crippen LogP contribution >= 0.6 is 0 Å². The van der Waals surface area contributed by atoms with E-state index in [1.807, 2.05) is 72.8 Å². The second-order valence-corrected chi connectivity index (χ2v) is 11.9. The normalized spacial score (nSPS) is 10.9. The van der Waals surface area contributed by atoms with Crippen molar-refractivity contribution in [3.63, 3.8) is 0 Å². The van der Waals surface area contributed by atoms with E-state index < -0.39 is 0 Å². The fourth-order valence-electron chi connectivity index (χ4n) is 5.99. The van der Waals surface area contributed by atoms with E-state index in [-0.39, 0.29) is 0 Å². The lowest BCUT2D eigenvalue weighted by molar-refractivity contribution is 0.483. The average molecular weight is 629 g/mol. The molecule has 232 valence electrons. The Morgan fingerprint density at radius 3 is 0.816 bits per heavy atom. The van der Waals surface area contributed by atoms with Gasteiger partial charge in [0.25, 0.3) is 0 Å². The molecule has 0 aliphatic heterocycles. The van der Waals surface area contributed by atoms with Gasteiger partial charge in [0, 0.05) is 22.3 Å². The summed E-state index contributed by atoms with van der Waals surface area (Å²) in [6.07, 6.45) is 0. The Hall–Kier alpha value is -6.58. The first-order chi connectivity index (χ1) is 24.2. The predicted octanol–water partition coefficient (Wildman–Crippen LogP) is 12.3. The van der Waals surface area contributed by atoms with E-state index >= 15 is 0 Å². The molecule has 6 aromatic carbocycles. The van der Waals surface area contributed by atoms with Crippen LogP contribution in [0.4, 0.5) is 0 Å². The van der Waals surface area contributed by atoms with Gasteiger partial charge in [0.15, 0.2) is 0 Å². The number of ether oxygens (including phenoxy) is 1. The number of pyridine rings is 2. The number of nitrogens with zero attached hydrogens (tertiary/aromatic N) is 2. The molecular formula is C46H32N2O. The van der Waals surface area contributed by atoms with Gasteiger partial charge in [0.1, 0.15) is 11.5 Å². The van der Waals surface area contributed by atoms with Gasteiger partial charge in [-0.2, -0.15) is 0 Å². The smallest absolute Gasteiger partial charge is 0.127 e. The maximum atomic E-state index is 6.29. The maximum absolute atomic E-state index is 6.29. The first-order valence-corrected chi connectivity index (χ1v) is 16.4. The molecule has 0 saturated heterocycles. The van der Waals surface area contributed by atoms with Crippen molar-refractivity contribution in [3.05, 3.63) is 194 Å². The van der Waals surface area contributed by atoms with Crippen LogP contribution in [0, 0.1) is 0 Å². The van der Waals surface area contributed by atoms with Crippen LogP contribution in [-0.2, 0) is 0 Å². The number of rotatable bonds is 8. The van der Waals surface area contributed by atoms with E-state index in [2.05, 4.69) is 121 Å². The molecule has 0 unspecified atom stereocenters. The van der Waals surface area contributed by atoms with Crippen LogP contribution in [-0.4, -0.2) is 9.97 Å². The number of hydrogen-bond donors (Lipinski definition) is 0. The molecule has 0 spiro atoms. The van der Waals surface area contributed by atoms with Gasteiger partial charge in [0.05, 0.1) is 22.8 Å². The minimum atomic E-state index is 0.759. The molecule has 0 atom stereocenters. The van der Waals surface area contributed by atoms with Gasteiger partial charge in [-0.25, -0.2) is 9.97 Å². The molecule has 2 aromatic heterocycles. The minimum absolute atomic E-state index is 0.759. The fraction of sp³-hybridized carbons (Fsp3) is 0. The largest absolute Gasteiger partial charge is 0.457 e. The maximum Gasteiger partial charge on any atom is 0.127 e. The third kappa shape index (κ3) is 6.78. The standard InChI is InChI=1S/C46H32N2O/c1-5-13-33(14-6-1)39-29-43(35-17-9-3-10-18-35)47-45(31-39)37-21-25-41(26-22-37)49-42-27-23-38(24-28-42)46-32-40(34-15-7-2-8-16-34)30-44(48-46)36-19-11-4-12-20-36/h1-32H. The summed E-state index contributed by atoms with van der Waals surface area (Å²) in [5, 5.41) is 0. The molecule has 49 heavy (non-hydrogen) atoms. The Kier molecular flexibility index (Phi) is 8.30. The van der Waals surface area contributed by atoms with Gasteiger partial charge in [-0.15, -0.1) is 0 Å². The molecule has 0 amide bonds. The quantitative estimate of drug-likeness (QED) is 0.168. The molecule has 0 aliphatic rings. The van der Waals surface area contributed by atoms with E-state index in [0.717, 1.165) is 78.8 Å². The Bertz CT molecular complexity index is 2020. The summed E-state index contributed by atoms with van der Waals surface area (Å²) >= 11 is 0. The Labute approximate surface area is 286 Å². The van der Waals surface area contributed by atoms with Crippen molar-refractivity contribution in [1.29, 1.82) is 0 Å². The van der Waals surface area contributed by atoms with E-state index in [9.17, 15) is 0 Å². The van der Waals surface area contributed by atoms with Crippen molar-refractivity contribution in [1.82, 2.24) is 9.97 Å². The molecule has 2 heterocycles. The van der Waals surface area contributed by atoms with Crippen LogP contribution in [0.15, 0.2) is 194 Å². The zero-order valence-electron chi connectivity index (χ0n) is 26.8. The highest BCUT2D eigenvalue weighted by Crippen LogP contribution is 2.34. The fourth-order valence-corrected chi connectivity index (χ4v) is 5.99. The van der Waals surface area contributed by atoms with Gasteiger partial charge in [-0.3, -0.25) is 0 Å². The summed E-state index contributed by atoms with van der Waals surface area (Å²) in [5.74, 6) is 1.52. The lowest BCUT2D eigenvalue weighted by atomic mass is 10.00. The zero-order valence-corrected chi connectivity index (χ0v) is 26.8. The minimum Gasteiger partial charge on any atom is -0.457 e. The molecule has 0 radical (unpaired) electrons. The monoisotopic (exact) mass is 628 g/mol. The SMILES string of the molecule is c1ccc(-c2cc(-c3ccccc3)nc(-c3ccc(Oc4ccc(-c5cc(-c6ccccc6)cc(-c6ccccc6)n5)cc4)cc3)c2)cc1. The summed E-state index contributed by atoms with van der Waals surface area (Å²) in [6.45, 7) is 0. The highest BCUT2D eigenvalue weighted by molar-refractivity contribution is 5.78. The van der Waals surface area contributed by atoms with Gasteiger partial charge in [-0.1, -0.05) is 121 Å². The van der Waals surface area contributed by atoms with Crippen LogP contribution in [0.3, 0.4) is 0 Å². The highest BCUT2D eigenvalue weighted by Gasteiger charge is 2.11. The summed E-state index contributed by atoms with van der Waals surface area (Å²) in [5.41, 5.74) is 12.5. The third-order valence-corrected chi connectivity index (χ3v) is 8.54. The van der Waals surface area contributed by atoms with Crippen molar-refractivity contribution in [2.45, 2.75) is 0 Å². The molecule has 3 heteroatoms. The van der Waals surface area contributed by atoms with E-state index in [4.69, 9.17) is 14.7 Å². The molecule has 0 aliphatic carbocycles. The van der Waals surface area contributed by atoms with Crippen LogP contribution in [0.2, 0.25) is 0 Å². The van der Waals surface area contributed by atoms with Crippen molar-refractivity contribution in [2.75, 3.05) is 0 Å². The second kappa shape index (κ2) is 13.6. The van der Waals surface area contributed by atoms with Crippen molar-refractivity contribution < 1.29 is 4.74 Å². The molecule has 8 rings (SSSR count). The molecule has 0 fully saturated rings. The average Bonchev–Trinajstić information content (AvgIpc) is 3.19. The van der Waals surface area contributed by atoms with E-state index in [1.165, 1.54) is 0 Å². The van der Waals surface area contributed by atoms with Crippen LogP contribution in [0.1, 0.15) is 0 Å². The third-order valence-electron chi connectivity index (χ3n) is 8.54. The summed E-state index contributed by atoms with van der Waals surface area (Å²) < 4.78 is 6.29. The van der Waals surface area contributed by atoms with Gasteiger partial charge >= 0.3 is 0 Å². The lowest BCUT2D eigenvalue weighted by Gasteiger charge is -2.12. The van der Waals surface area contributed by atoms with Crippen LogP contribution < -0.4 is 4.74 Å². The number of benzene rings is 6.